The minimum Gasteiger partial charge on any atom is -0.310 e. The van der Waals surface area contributed by atoms with Crippen LogP contribution in [0.4, 0.5) is 0 Å². The molecule has 0 aromatic heterocycles. The highest BCUT2D eigenvalue weighted by Crippen LogP contribution is 2.22. The Balaban J connectivity index is 2.39. The van der Waals surface area contributed by atoms with Crippen LogP contribution < -0.4 is 5.32 Å². The molecule has 94 valence electrons. The van der Waals surface area contributed by atoms with Gasteiger partial charge in [0.05, 0.1) is 16.6 Å². The minimum absolute atomic E-state index is 0.0417. The molecule has 0 saturated heterocycles. The molecule has 0 saturated carbocycles. The molecule has 0 aliphatic rings. The minimum atomic E-state index is 0.0417. The lowest BCUT2D eigenvalue weighted by molar-refractivity contribution is 0.0991. The van der Waals surface area contributed by atoms with Gasteiger partial charge in [-0.15, -0.1) is 0 Å². The van der Waals surface area contributed by atoms with Crippen molar-refractivity contribution >= 4 is 29.0 Å². The Hall–Kier alpha value is -0.570. The molecule has 0 radical (unpaired) electrons. The summed E-state index contributed by atoms with van der Waals surface area (Å²) in [5.41, 5.74) is 0.599. The van der Waals surface area contributed by atoms with Crippen LogP contribution in [0, 0.1) is 0 Å². The molecule has 0 aliphatic heterocycles. The summed E-state index contributed by atoms with van der Waals surface area (Å²) in [5, 5.41) is 4.02. The van der Waals surface area contributed by atoms with E-state index in [0.717, 1.165) is 13.0 Å². The lowest BCUT2D eigenvalue weighted by atomic mass is 10.1. The van der Waals surface area contributed by atoms with Crippen LogP contribution in [0.1, 0.15) is 36.5 Å². The van der Waals surface area contributed by atoms with Crippen molar-refractivity contribution in [3.8, 4) is 0 Å². The maximum atomic E-state index is 11.8. The van der Waals surface area contributed by atoms with Gasteiger partial charge in [-0.05, 0) is 31.2 Å². The Morgan fingerprint density at radius 3 is 2.65 bits per heavy atom. The Morgan fingerprint density at radius 1 is 1.24 bits per heavy atom. The summed E-state index contributed by atoms with van der Waals surface area (Å²) in [4.78, 5) is 11.8. The topological polar surface area (TPSA) is 29.1 Å². The molecule has 0 aliphatic carbocycles. The maximum Gasteiger partial charge on any atom is 0.176 e. The van der Waals surface area contributed by atoms with E-state index < -0.39 is 0 Å². The van der Waals surface area contributed by atoms with Crippen molar-refractivity contribution in [2.75, 3.05) is 13.1 Å². The first-order chi connectivity index (χ1) is 8.15. The fourth-order valence-electron chi connectivity index (χ4n) is 1.47. The molecule has 0 spiro atoms. The van der Waals surface area contributed by atoms with Gasteiger partial charge < -0.3 is 5.32 Å². The van der Waals surface area contributed by atoms with Crippen molar-refractivity contribution in [3.63, 3.8) is 0 Å². The van der Waals surface area contributed by atoms with Gasteiger partial charge in [0.1, 0.15) is 0 Å². The third-order valence-electron chi connectivity index (χ3n) is 2.48. The first-order valence-corrected chi connectivity index (χ1v) is 6.59. The summed E-state index contributed by atoms with van der Waals surface area (Å²) in [7, 11) is 0. The molecule has 0 bridgehead atoms. The molecule has 1 rings (SSSR count). The maximum absolute atomic E-state index is 11.8. The summed E-state index contributed by atoms with van der Waals surface area (Å²) < 4.78 is 0. The average molecular weight is 274 g/mol. The van der Waals surface area contributed by atoms with E-state index in [0.29, 0.717) is 22.2 Å². The molecule has 0 heterocycles. The first-order valence-electron chi connectivity index (χ1n) is 5.84. The number of carbonyl (C=O) groups excluding carboxylic acids is 1. The number of nitrogens with one attached hydrogen (secondary N) is 1. The predicted molar refractivity (Wildman–Crippen MR) is 73.2 cm³/mol. The highest BCUT2D eigenvalue weighted by Gasteiger charge is 2.07. The zero-order valence-electron chi connectivity index (χ0n) is 9.93. The van der Waals surface area contributed by atoms with Gasteiger partial charge in [0.15, 0.2) is 5.78 Å². The molecule has 1 N–H and O–H groups in total. The monoisotopic (exact) mass is 273 g/mol. The number of carbonyl (C=O) groups is 1. The second-order valence-electron chi connectivity index (χ2n) is 3.94. The average Bonchev–Trinajstić information content (AvgIpc) is 2.32. The number of benzene rings is 1. The van der Waals surface area contributed by atoms with E-state index in [9.17, 15) is 4.79 Å². The van der Waals surface area contributed by atoms with E-state index in [1.54, 1.807) is 18.2 Å². The zero-order chi connectivity index (χ0) is 12.7. The molecule has 0 amide bonds. The standard InChI is InChI=1S/C13H17Cl2NO/c1-2-3-4-7-16-9-13(17)10-5-6-11(14)12(15)8-10/h5-6,8,16H,2-4,7,9H2,1H3. The molecule has 0 unspecified atom stereocenters. The highest BCUT2D eigenvalue weighted by atomic mass is 35.5. The van der Waals surface area contributed by atoms with Gasteiger partial charge in [0.25, 0.3) is 0 Å². The number of hydrogen-bond acceptors (Lipinski definition) is 2. The van der Waals surface area contributed by atoms with Crippen LogP contribution in [0.2, 0.25) is 10.0 Å². The quantitative estimate of drug-likeness (QED) is 0.602. The normalized spacial score (nSPS) is 10.5. The largest absolute Gasteiger partial charge is 0.310 e. The van der Waals surface area contributed by atoms with Crippen molar-refractivity contribution in [2.24, 2.45) is 0 Å². The molecule has 1 aromatic carbocycles. The van der Waals surface area contributed by atoms with E-state index in [1.807, 2.05) is 0 Å². The molecule has 1 aromatic rings. The van der Waals surface area contributed by atoms with E-state index in [2.05, 4.69) is 12.2 Å². The molecule has 4 heteroatoms. The van der Waals surface area contributed by atoms with E-state index in [1.165, 1.54) is 12.8 Å². The van der Waals surface area contributed by atoms with Crippen molar-refractivity contribution in [1.82, 2.24) is 5.32 Å². The Kier molecular flexibility index (Phi) is 6.56. The van der Waals surface area contributed by atoms with Gasteiger partial charge >= 0.3 is 0 Å². The van der Waals surface area contributed by atoms with Gasteiger partial charge in [-0.2, -0.15) is 0 Å². The summed E-state index contributed by atoms with van der Waals surface area (Å²) >= 11 is 11.6. The van der Waals surface area contributed by atoms with Gasteiger partial charge in [-0.1, -0.05) is 43.0 Å². The summed E-state index contributed by atoms with van der Waals surface area (Å²) in [5.74, 6) is 0.0417. The van der Waals surface area contributed by atoms with Crippen LogP contribution in [-0.4, -0.2) is 18.9 Å². The number of hydrogen-bond donors (Lipinski definition) is 1. The second-order valence-corrected chi connectivity index (χ2v) is 4.75. The highest BCUT2D eigenvalue weighted by molar-refractivity contribution is 6.42. The van der Waals surface area contributed by atoms with Gasteiger partial charge in [-0.25, -0.2) is 0 Å². The lowest BCUT2D eigenvalue weighted by Crippen LogP contribution is -2.24. The van der Waals surface area contributed by atoms with Gasteiger partial charge in [0.2, 0.25) is 0 Å². The molecule has 0 atom stereocenters. The van der Waals surface area contributed by atoms with Crippen LogP contribution in [0.3, 0.4) is 0 Å². The van der Waals surface area contributed by atoms with E-state index in [4.69, 9.17) is 23.2 Å². The lowest BCUT2D eigenvalue weighted by Gasteiger charge is -2.04. The van der Waals surface area contributed by atoms with E-state index in [-0.39, 0.29) is 5.78 Å². The fraction of sp³-hybridized carbons (Fsp3) is 0.462. The van der Waals surface area contributed by atoms with Crippen LogP contribution >= 0.6 is 23.2 Å². The van der Waals surface area contributed by atoms with Crippen LogP contribution in [0.25, 0.3) is 0 Å². The Labute approximate surface area is 112 Å². The molecular weight excluding hydrogens is 257 g/mol. The number of halogens is 2. The van der Waals surface area contributed by atoms with Crippen molar-refractivity contribution in [2.45, 2.75) is 26.2 Å². The van der Waals surface area contributed by atoms with Crippen LogP contribution in [0.15, 0.2) is 18.2 Å². The molecule has 0 fully saturated rings. The second kappa shape index (κ2) is 7.70. The van der Waals surface area contributed by atoms with Crippen molar-refractivity contribution < 1.29 is 4.79 Å². The third-order valence-corrected chi connectivity index (χ3v) is 3.22. The van der Waals surface area contributed by atoms with Crippen molar-refractivity contribution in [1.29, 1.82) is 0 Å². The summed E-state index contributed by atoms with van der Waals surface area (Å²) in [6.07, 6.45) is 3.47. The number of Topliss-reactive ketones (excluding diaryl/α,β-unsaturated/α-hetero) is 1. The smallest absolute Gasteiger partial charge is 0.176 e. The first kappa shape index (κ1) is 14.5. The Morgan fingerprint density at radius 2 is 2.00 bits per heavy atom. The molecule has 2 nitrogen and oxygen atoms in total. The third kappa shape index (κ3) is 5.07. The summed E-state index contributed by atoms with van der Waals surface area (Å²) in [6.45, 7) is 3.38. The number of ketones is 1. The predicted octanol–water partition coefficient (Wildman–Crippen LogP) is 3.96. The fourth-order valence-corrected chi connectivity index (χ4v) is 1.77. The van der Waals surface area contributed by atoms with E-state index >= 15 is 0 Å². The number of rotatable bonds is 7. The molecule has 17 heavy (non-hydrogen) atoms. The van der Waals surface area contributed by atoms with Crippen molar-refractivity contribution in [3.05, 3.63) is 33.8 Å². The zero-order valence-corrected chi connectivity index (χ0v) is 11.4. The van der Waals surface area contributed by atoms with Gasteiger partial charge in [-0.3, -0.25) is 4.79 Å². The SMILES string of the molecule is CCCCCNCC(=O)c1ccc(Cl)c(Cl)c1. The van der Waals surface area contributed by atoms with Crippen LogP contribution in [0.5, 0.6) is 0 Å². The van der Waals surface area contributed by atoms with Gasteiger partial charge in [0, 0.05) is 5.56 Å². The number of unbranched alkanes of at least 4 members (excludes halogenated alkanes) is 2. The molecular formula is C13H17Cl2NO. The van der Waals surface area contributed by atoms with Crippen LogP contribution in [-0.2, 0) is 0 Å². The summed E-state index contributed by atoms with van der Waals surface area (Å²) in [6, 6.07) is 4.96. The Bertz CT molecular complexity index is 380.